The minimum Gasteiger partial charge on any atom is -0.453 e. The molecule has 0 saturated carbocycles. The lowest BCUT2D eigenvalue weighted by atomic mass is 10.1. The highest BCUT2D eigenvalue weighted by Gasteiger charge is 2.32. The molecule has 0 unspecified atom stereocenters. The molecule has 4 rings (SSSR count). The van der Waals surface area contributed by atoms with Crippen molar-refractivity contribution in [3.05, 3.63) is 71.7 Å². The monoisotopic (exact) mass is 517 g/mol. The van der Waals surface area contributed by atoms with Crippen LogP contribution in [0.3, 0.4) is 0 Å². The van der Waals surface area contributed by atoms with Gasteiger partial charge < -0.3 is 14.5 Å². The van der Waals surface area contributed by atoms with E-state index in [9.17, 15) is 27.2 Å². The number of rotatable bonds is 6. The van der Waals surface area contributed by atoms with Crippen LogP contribution < -0.4 is 4.90 Å². The standard InChI is InChI=1S/C25H23F4N5O3/c1-37-24(36)34-10-8-33(9-11-34)18-3-4-20(31-15-18)21(35)5-2-16-12-19(26)23(32-14-16)17-6-7-30-22(13-17)25(27,28)29/h3-4,6-7,12-15H,2,5,8-11H2,1H3. The Morgan fingerprint density at radius 1 is 1.00 bits per heavy atom. The van der Waals surface area contributed by atoms with E-state index < -0.39 is 17.7 Å². The molecule has 0 spiro atoms. The normalized spacial score (nSPS) is 14.0. The van der Waals surface area contributed by atoms with E-state index in [1.54, 1.807) is 23.2 Å². The molecule has 0 aromatic carbocycles. The number of Topliss-reactive ketones (excluding diaryl/α,β-unsaturated/α-hetero) is 1. The van der Waals surface area contributed by atoms with Crippen LogP contribution >= 0.6 is 0 Å². The zero-order valence-corrected chi connectivity index (χ0v) is 19.8. The van der Waals surface area contributed by atoms with Crippen LogP contribution in [0.1, 0.15) is 28.2 Å². The number of methoxy groups -OCH3 is 1. The van der Waals surface area contributed by atoms with E-state index >= 15 is 0 Å². The van der Waals surface area contributed by atoms with Crippen molar-refractivity contribution in [1.29, 1.82) is 0 Å². The molecule has 1 amide bonds. The molecule has 1 aliphatic rings. The van der Waals surface area contributed by atoms with Crippen molar-refractivity contribution >= 4 is 17.6 Å². The van der Waals surface area contributed by atoms with Crippen LogP contribution in [0, 0.1) is 5.82 Å². The average Bonchev–Trinajstić information content (AvgIpc) is 2.91. The van der Waals surface area contributed by atoms with Gasteiger partial charge in [-0.15, -0.1) is 0 Å². The quantitative estimate of drug-likeness (QED) is 0.354. The molecular formula is C25H23F4N5O3. The molecule has 1 aliphatic heterocycles. The Balaban J connectivity index is 1.35. The first-order valence-corrected chi connectivity index (χ1v) is 11.4. The lowest BCUT2D eigenvalue weighted by molar-refractivity contribution is -0.141. The van der Waals surface area contributed by atoms with Crippen LogP contribution in [0.2, 0.25) is 0 Å². The van der Waals surface area contributed by atoms with Gasteiger partial charge >= 0.3 is 12.3 Å². The Kier molecular flexibility index (Phi) is 7.65. The molecule has 0 N–H and O–H groups in total. The lowest BCUT2D eigenvalue weighted by Crippen LogP contribution is -2.48. The van der Waals surface area contributed by atoms with Crippen LogP contribution in [-0.4, -0.2) is 65.0 Å². The van der Waals surface area contributed by atoms with Crippen LogP contribution in [0.5, 0.6) is 0 Å². The van der Waals surface area contributed by atoms with Crippen molar-refractivity contribution in [3.8, 4) is 11.3 Å². The lowest BCUT2D eigenvalue weighted by Gasteiger charge is -2.35. The summed E-state index contributed by atoms with van der Waals surface area (Å²) in [5.74, 6) is -1.03. The van der Waals surface area contributed by atoms with Gasteiger partial charge in [0.25, 0.3) is 0 Å². The summed E-state index contributed by atoms with van der Waals surface area (Å²) in [6.45, 7) is 2.24. The van der Waals surface area contributed by atoms with E-state index in [0.29, 0.717) is 31.7 Å². The van der Waals surface area contributed by atoms with Crippen LogP contribution in [0.25, 0.3) is 11.3 Å². The Bertz CT molecular complexity index is 1280. The van der Waals surface area contributed by atoms with E-state index in [1.165, 1.54) is 19.4 Å². The second kappa shape index (κ2) is 10.9. The molecule has 0 bridgehead atoms. The van der Waals surface area contributed by atoms with Crippen molar-refractivity contribution in [2.45, 2.75) is 19.0 Å². The number of pyridine rings is 3. The number of carbonyl (C=O) groups excluding carboxylic acids is 2. The third-order valence-corrected chi connectivity index (χ3v) is 5.97. The molecule has 4 heterocycles. The zero-order valence-electron chi connectivity index (χ0n) is 19.8. The third kappa shape index (κ3) is 6.19. The van der Waals surface area contributed by atoms with Gasteiger partial charge in [0.15, 0.2) is 5.78 Å². The topological polar surface area (TPSA) is 88.5 Å². The smallest absolute Gasteiger partial charge is 0.433 e. The number of hydrogen-bond donors (Lipinski definition) is 0. The number of aryl methyl sites for hydroxylation is 1. The first-order chi connectivity index (χ1) is 17.7. The van der Waals surface area contributed by atoms with Crippen molar-refractivity contribution in [2.75, 3.05) is 38.2 Å². The number of hydrogen-bond acceptors (Lipinski definition) is 7. The van der Waals surface area contributed by atoms with E-state index in [-0.39, 0.29) is 41.7 Å². The molecule has 194 valence electrons. The molecule has 37 heavy (non-hydrogen) atoms. The van der Waals surface area contributed by atoms with Crippen molar-refractivity contribution in [3.63, 3.8) is 0 Å². The number of amides is 1. The average molecular weight is 517 g/mol. The minimum atomic E-state index is -4.65. The van der Waals surface area contributed by atoms with Crippen molar-refractivity contribution in [2.24, 2.45) is 0 Å². The first kappa shape index (κ1) is 26.0. The summed E-state index contributed by atoms with van der Waals surface area (Å²) in [5, 5.41) is 0. The Labute approximate surface area is 209 Å². The number of halogens is 4. The van der Waals surface area contributed by atoms with Crippen molar-refractivity contribution in [1.82, 2.24) is 19.9 Å². The minimum absolute atomic E-state index is 0.0431. The van der Waals surface area contributed by atoms with Gasteiger partial charge in [-0.3, -0.25) is 19.7 Å². The molecule has 0 radical (unpaired) electrons. The fraction of sp³-hybridized carbons (Fsp3) is 0.320. The predicted molar refractivity (Wildman–Crippen MR) is 126 cm³/mol. The van der Waals surface area contributed by atoms with Crippen molar-refractivity contribution < 1.29 is 31.9 Å². The summed E-state index contributed by atoms with van der Waals surface area (Å²) in [6.07, 6.45) is -0.892. The Hall–Kier alpha value is -4.09. The van der Waals surface area contributed by atoms with Gasteiger partial charge in [-0.05, 0) is 42.3 Å². The first-order valence-electron chi connectivity index (χ1n) is 11.4. The fourth-order valence-electron chi connectivity index (χ4n) is 3.96. The second-order valence-corrected chi connectivity index (χ2v) is 8.37. The molecular weight excluding hydrogens is 494 g/mol. The predicted octanol–water partition coefficient (Wildman–Crippen LogP) is 4.40. The molecule has 3 aromatic heterocycles. The van der Waals surface area contributed by atoms with Crippen LogP contribution in [0.4, 0.5) is 28.0 Å². The highest BCUT2D eigenvalue weighted by Crippen LogP contribution is 2.30. The Morgan fingerprint density at radius 2 is 1.76 bits per heavy atom. The summed E-state index contributed by atoms with van der Waals surface area (Å²) >= 11 is 0. The van der Waals surface area contributed by atoms with E-state index in [1.807, 2.05) is 0 Å². The maximum atomic E-state index is 14.6. The van der Waals surface area contributed by atoms with Gasteiger partial charge in [0.1, 0.15) is 22.9 Å². The fourth-order valence-corrected chi connectivity index (χ4v) is 3.96. The number of alkyl halides is 3. The number of anilines is 1. The highest BCUT2D eigenvalue weighted by atomic mass is 19.4. The number of ketones is 1. The number of aromatic nitrogens is 3. The van der Waals surface area contributed by atoms with Gasteiger partial charge in [0.05, 0.1) is 19.0 Å². The second-order valence-electron chi connectivity index (χ2n) is 8.37. The molecule has 1 fully saturated rings. The third-order valence-electron chi connectivity index (χ3n) is 5.97. The Morgan fingerprint density at radius 3 is 2.38 bits per heavy atom. The van der Waals surface area contributed by atoms with Gasteiger partial charge in [-0.2, -0.15) is 13.2 Å². The molecule has 12 heteroatoms. The van der Waals surface area contributed by atoms with Gasteiger partial charge in [0, 0.05) is 50.6 Å². The number of nitrogens with zero attached hydrogens (tertiary/aromatic N) is 5. The SMILES string of the molecule is COC(=O)N1CCN(c2ccc(C(=O)CCc3cnc(-c4ccnc(C(F)(F)F)c4)c(F)c3)nc2)CC1. The summed E-state index contributed by atoms with van der Waals surface area (Å²) in [6, 6.07) is 6.55. The summed E-state index contributed by atoms with van der Waals surface area (Å²) in [4.78, 5) is 39.4. The maximum Gasteiger partial charge on any atom is 0.433 e. The van der Waals surface area contributed by atoms with E-state index in [4.69, 9.17) is 4.74 Å². The maximum absolute atomic E-state index is 14.6. The summed E-state index contributed by atoms with van der Waals surface area (Å²) in [7, 11) is 1.34. The number of piperazine rings is 1. The van der Waals surface area contributed by atoms with Crippen LogP contribution in [-0.2, 0) is 17.3 Å². The zero-order chi connectivity index (χ0) is 26.6. The molecule has 8 nitrogen and oxygen atoms in total. The summed E-state index contributed by atoms with van der Waals surface area (Å²) in [5.41, 5.74) is 0.111. The van der Waals surface area contributed by atoms with Crippen LogP contribution in [0.15, 0.2) is 48.9 Å². The van der Waals surface area contributed by atoms with Gasteiger partial charge in [-0.1, -0.05) is 0 Å². The van der Waals surface area contributed by atoms with Gasteiger partial charge in [-0.25, -0.2) is 9.18 Å². The molecule has 1 saturated heterocycles. The molecule has 0 atom stereocenters. The highest BCUT2D eigenvalue weighted by molar-refractivity contribution is 5.94. The van der Waals surface area contributed by atoms with E-state index in [0.717, 1.165) is 24.0 Å². The number of carbonyl (C=O) groups is 2. The van der Waals surface area contributed by atoms with E-state index in [2.05, 4.69) is 19.9 Å². The largest absolute Gasteiger partial charge is 0.453 e. The van der Waals surface area contributed by atoms with Gasteiger partial charge in [0.2, 0.25) is 0 Å². The molecule has 3 aromatic rings. The number of ether oxygens (including phenoxy) is 1. The molecule has 0 aliphatic carbocycles. The summed E-state index contributed by atoms with van der Waals surface area (Å²) < 4.78 is 58.1.